The number of rotatable bonds is 8. The van der Waals surface area contributed by atoms with E-state index >= 15 is 0 Å². The summed E-state index contributed by atoms with van der Waals surface area (Å²) in [5.74, 6) is 1.78. The minimum atomic E-state index is -0.345. The van der Waals surface area contributed by atoms with Crippen LogP contribution < -0.4 is 5.32 Å². The molecule has 20 heavy (non-hydrogen) atoms. The van der Waals surface area contributed by atoms with E-state index in [1.165, 1.54) is 51.4 Å². The summed E-state index contributed by atoms with van der Waals surface area (Å²) in [4.78, 5) is 0. The molecular formula is C17H31NO2. The van der Waals surface area contributed by atoms with Gasteiger partial charge in [-0.1, -0.05) is 19.8 Å². The molecule has 0 spiro atoms. The quantitative estimate of drug-likeness (QED) is 0.719. The second-order valence-electron chi connectivity index (χ2n) is 7.65. The van der Waals surface area contributed by atoms with Gasteiger partial charge in [0.2, 0.25) is 0 Å². The fraction of sp³-hybridized carbons (Fsp3) is 1.00. The van der Waals surface area contributed by atoms with E-state index in [4.69, 9.17) is 4.74 Å². The van der Waals surface area contributed by atoms with E-state index in [-0.39, 0.29) is 6.10 Å². The van der Waals surface area contributed by atoms with Gasteiger partial charge in [-0.2, -0.15) is 0 Å². The Bertz CT molecular complexity index is 312. The number of aliphatic hydroxyl groups excluding tert-OH is 1. The molecule has 0 aromatic heterocycles. The van der Waals surface area contributed by atoms with Gasteiger partial charge in [0.1, 0.15) is 0 Å². The van der Waals surface area contributed by atoms with Gasteiger partial charge in [-0.15, -0.1) is 0 Å². The molecule has 3 atom stereocenters. The Morgan fingerprint density at radius 3 is 2.70 bits per heavy atom. The molecule has 3 aliphatic rings. The van der Waals surface area contributed by atoms with Crippen molar-refractivity contribution in [2.75, 3.05) is 19.7 Å². The van der Waals surface area contributed by atoms with Crippen LogP contribution in [0.4, 0.5) is 0 Å². The molecule has 0 aromatic carbocycles. The molecule has 0 bridgehead atoms. The lowest BCUT2D eigenvalue weighted by Gasteiger charge is -2.27. The summed E-state index contributed by atoms with van der Waals surface area (Å²) in [6, 6.07) is 0. The highest BCUT2D eigenvalue weighted by molar-refractivity contribution is 5.05. The average molecular weight is 281 g/mol. The number of aliphatic hydroxyl groups is 1. The van der Waals surface area contributed by atoms with Crippen molar-refractivity contribution in [2.24, 2.45) is 17.3 Å². The van der Waals surface area contributed by atoms with Crippen LogP contribution in [0.25, 0.3) is 0 Å². The van der Waals surface area contributed by atoms with Crippen molar-refractivity contribution in [1.82, 2.24) is 5.32 Å². The monoisotopic (exact) mass is 281 g/mol. The molecule has 116 valence electrons. The van der Waals surface area contributed by atoms with Crippen molar-refractivity contribution >= 4 is 0 Å². The van der Waals surface area contributed by atoms with Crippen molar-refractivity contribution in [1.29, 1.82) is 0 Å². The van der Waals surface area contributed by atoms with Crippen molar-refractivity contribution in [3.63, 3.8) is 0 Å². The Kier molecular flexibility index (Phi) is 4.68. The molecular weight excluding hydrogens is 250 g/mol. The molecule has 0 aliphatic heterocycles. The Morgan fingerprint density at radius 1 is 1.25 bits per heavy atom. The topological polar surface area (TPSA) is 41.5 Å². The highest BCUT2D eigenvalue weighted by Gasteiger charge is 2.53. The predicted octanol–water partition coefficient (Wildman–Crippen LogP) is 2.72. The first-order valence-corrected chi connectivity index (χ1v) is 8.68. The largest absolute Gasteiger partial charge is 0.389 e. The maximum absolute atomic E-state index is 10.0. The summed E-state index contributed by atoms with van der Waals surface area (Å²) in [6.45, 7) is 4.60. The first kappa shape index (κ1) is 14.8. The van der Waals surface area contributed by atoms with Crippen LogP contribution in [0.15, 0.2) is 0 Å². The van der Waals surface area contributed by atoms with Crippen LogP contribution in [-0.4, -0.2) is 37.0 Å². The van der Waals surface area contributed by atoms with Gasteiger partial charge in [-0.05, 0) is 55.8 Å². The maximum atomic E-state index is 10.0. The standard InChI is InChI=1S/C17H31NO2/c1-13-3-2-4-16(9-13)20-11-15(19)10-18-12-17(7-8-17)14-5-6-14/h13-16,18-19H,2-12H2,1H3. The third kappa shape index (κ3) is 3.96. The SMILES string of the molecule is CC1CCCC(OCC(O)CNCC2(C3CC3)CC2)C1. The number of nitrogens with one attached hydrogen (secondary N) is 1. The molecule has 3 aliphatic carbocycles. The summed E-state index contributed by atoms with van der Waals surface area (Å²) in [6.07, 6.45) is 10.7. The summed E-state index contributed by atoms with van der Waals surface area (Å²) >= 11 is 0. The maximum Gasteiger partial charge on any atom is 0.0897 e. The van der Waals surface area contributed by atoms with Crippen molar-refractivity contribution in [3.8, 4) is 0 Å². The van der Waals surface area contributed by atoms with Gasteiger partial charge in [-0.25, -0.2) is 0 Å². The Hall–Kier alpha value is -0.120. The molecule has 3 unspecified atom stereocenters. The third-order valence-electron chi connectivity index (χ3n) is 5.61. The zero-order valence-electron chi connectivity index (χ0n) is 12.9. The van der Waals surface area contributed by atoms with Crippen LogP contribution in [0.1, 0.15) is 58.3 Å². The van der Waals surface area contributed by atoms with Crippen LogP contribution in [0.5, 0.6) is 0 Å². The molecule has 3 fully saturated rings. The fourth-order valence-corrected chi connectivity index (χ4v) is 3.91. The van der Waals surface area contributed by atoms with Crippen LogP contribution in [0.3, 0.4) is 0 Å². The molecule has 0 radical (unpaired) electrons. The summed E-state index contributed by atoms with van der Waals surface area (Å²) in [7, 11) is 0. The smallest absolute Gasteiger partial charge is 0.0897 e. The number of hydrogen-bond donors (Lipinski definition) is 2. The normalized spacial score (nSPS) is 33.9. The molecule has 3 nitrogen and oxygen atoms in total. The second-order valence-corrected chi connectivity index (χ2v) is 7.65. The molecule has 3 heteroatoms. The van der Waals surface area contributed by atoms with Crippen LogP contribution >= 0.6 is 0 Å². The zero-order chi connectivity index (χ0) is 14.0. The van der Waals surface area contributed by atoms with Crippen LogP contribution in [-0.2, 0) is 4.74 Å². The van der Waals surface area contributed by atoms with E-state index in [0.717, 1.165) is 18.4 Å². The third-order valence-corrected chi connectivity index (χ3v) is 5.61. The van der Waals surface area contributed by atoms with E-state index in [9.17, 15) is 5.11 Å². The lowest BCUT2D eigenvalue weighted by atomic mass is 9.89. The number of ether oxygens (including phenoxy) is 1. The Balaban J connectivity index is 1.26. The first-order chi connectivity index (χ1) is 9.68. The van der Waals surface area contributed by atoms with E-state index in [2.05, 4.69) is 12.2 Å². The zero-order valence-corrected chi connectivity index (χ0v) is 12.9. The summed E-state index contributed by atoms with van der Waals surface area (Å²) in [5.41, 5.74) is 0.624. The van der Waals surface area contributed by atoms with E-state index in [1.807, 2.05) is 0 Å². The van der Waals surface area contributed by atoms with Crippen molar-refractivity contribution in [3.05, 3.63) is 0 Å². The van der Waals surface area contributed by atoms with Gasteiger partial charge in [0.25, 0.3) is 0 Å². The van der Waals surface area contributed by atoms with Gasteiger partial charge in [-0.3, -0.25) is 0 Å². The highest BCUT2D eigenvalue weighted by Crippen LogP contribution is 2.60. The second kappa shape index (κ2) is 6.33. The Morgan fingerprint density at radius 2 is 2.05 bits per heavy atom. The minimum absolute atomic E-state index is 0.345. The highest BCUT2D eigenvalue weighted by atomic mass is 16.5. The average Bonchev–Trinajstić information content (AvgIpc) is 3.28. The van der Waals surface area contributed by atoms with Gasteiger partial charge >= 0.3 is 0 Å². The van der Waals surface area contributed by atoms with Gasteiger partial charge in [0.15, 0.2) is 0 Å². The van der Waals surface area contributed by atoms with E-state index < -0.39 is 0 Å². The number of hydrogen-bond acceptors (Lipinski definition) is 3. The van der Waals surface area contributed by atoms with Gasteiger partial charge in [0, 0.05) is 13.1 Å². The molecule has 0 heterocycles. The van der Waals surface area contributed by atoms with Crippen LogP contribution in [0, 0.1) is 17.3 Å². The molecule has 3 saturated carbocycles. The van der Waals surface area contributed by atoms with Crippen LogP contribution in [0.2, 0.25) is 0 Å². The fourth-order valence-electron chi connectivity index (χ4n) is 3.91. The molecule has 3 rings (SSSR count). The van der Waals surface area contributed by atoms with Crippen molar-refractivity contribution < 1.29 is 9.84 Å². The first-order valence-electron chi connectivity index (χ1n) is 8.68. The van der Waals surface area contributed by atoms with Crippen molar-refractivity contribution in [2.45, 2.75) is 70.5 Å². The summed E-state index contributed by atoms with van der Waals surface area (Å²) < 4.78 is 5.88. The molecule has 0 aromatic rings. The molecule has 0 saturated heterocycles. The minimum Gasteiger partial charge on any atom is -0.389 e. The summed E-state index contributed by atoms with van der Waals surface area (Å²) in [5, 5.41) is 13.5. The lowest BCUT2D eigenvalue weighted by Crippen LogP contribution is -2.36. The van der Waals surface area contributed by atoms with Gasteiger partial charge in [0.05, 0.1) is 18.8 Å². The molecule has 2 N–H and O–H groups in total. The Labute approximate surface area is 123 Å². The predicted molar refractivity (Wildman–Crippen MR) is 80.6 cm³/mol. The lowest BCUT2D eigenvalue weighted by molar-refractivity contribution is -0.0308. The van der Waals surface area contributed by atoms with E-state index in [1.54, 1.807) is 0 Å². The van der Waals surface area contributed by atoms with E-state index in [0.29, 0.717) is 24.7 Å². The molecule has 0 amide bonds. The van der Waals surface area contributed by atoms with Gasteiger partial charge < -0.3 is 15.2 Å².